The van der Waals surface area contributed by atoms with E-state index >= 15 is 0 Å². The van der Waals surface area contributed by atoms with Crippen molar-refractivity contribution in [3.05, 3.63) is 34.9 Å². The molecule has 0 unspecified atom stereocenters. The van der Waals surface area contributed by atoms with Gasteiger partial charge >= 0.3 is 15.2 Å². The summed E-state index contributed by atoms with van der Waals surface area (Å²) in [6.07, 6.45) is -0.896. The number of rotatable bonds is 5. The fraction of sp³-hybridized carbons (Fsp3) is 0.333. The molecular formula is C9H13ClO7P2. The van der Waals surface area contributed by atoms with Crippen LogP contribution in [-0.2, 0) is 15.6 Å². The molecule has 1 aromatic carbocycles. The van der Waals surface area contributed by atoms with Crippen molar-refractivity contribution in [2.75, 3.05) is 0 Å². The maximum atomic E-state index is 11.1. The van der Waals surface area contributed by atoms with Crippen LogP contribution in [0.25, 0.3) is 0 Å². The Balaban J connectivity index is 2.96. The standard InChI is InChI=1S/C9H13ClO7P2/c10-8-3-1-7(2-4-8)5-6-9(11,18(12,13)14)19(15,16)17/h1-4,11H,5-6H2,(H2,12,13,14)(H2,15,16,17). The lowest BCUT2D eigenvalue weighted by Crippen LogP contribution is -2.29. The Labute approximate surface area is 114 Å². The molecule has 0 aliphatic heterocycles. The molecule has 5 N–H and O–H groups in total. The zero-order valence-corrected chi connectivity index (χ0v) is 12.1. The second-order valence-corrected chi connectivity index (χ2v) is 8.43. The lowest BCUT2D eigenvalue weighted by molar-refractivity contribution is 0.123. The lowest BCUT2D eigenvalue weighted by Gasteiger charge is -2.29. The number of benzene rings is 1. The Morgan fingerprint density at radius 1 is 1.00 bits per heavy atom. The third-order valence-corrected chi connectivity index (χ3v) is 6.72. The van der Waals surface area contributed by atoms with Gasteiger partial charge in [0.25, 0.3) is 5.08 Å². The highest BCUT2D eigenvalue weighted by Gasteiger charge is 2.58. The second kappa shape index (κ2) is 5.64. The summed E-state index contributed by atoms with van der Waals surface area (Å²) in [5.74, 6) is 0. The summed E-state index contributed by atoms with van der Waals surface area (Å²) < 4.78 is 22.2. The van der Waals surface area contributed by atoms with Crippen LogP contribution in [0.2, 0.25) is 5.02 Å². The van der Waals surface area contributed by atoms with E-state index in [1.807, 2.05) is 0 Å². The van der Waals surface area contributed by atoms with E-state index in [-0.39, 0.29) is 6.42 Å². The molecule has 19 heavy (non-hydrogen) atoms. The van der Waals surface area contributed by atoms with Gasteiger partial charge in [-0.1, -0.05) is 23.7 Å². The highest BCUT2D eigenvalue weighted by atomic mass is 35.5. The molecule has 0 heterocycles. The van der Waals surface area contributed by atoms with Gasteiger partial charge in [0.1, 0.15) is 0 Å². The van der Waals surface area contributed by atoms with Crippen LogP contribution in [0, 0.1) is 0 Å². The maximum Gasteiger partial charge on any atom is 0.369 e. The fourth-order valence-electron chi connectivity index (χ4n) is 1.42. The quantitative estimate of drug-likeness (QED) is 0.513. The van der Waals surface area contributed by atoms with E-state index in [4.69, 9.17) is 31.2 Å². The molecule has 10 heteroatoms. The van der Waals surface area contributed by atoms with E-state index in [0.29, 0.717) is 10.6 Å². The monoisotopic (exact) mass is 330 g/mol. The van der Waals surface area contributed by atoms with Crippen molar-refractivity contribution >= 4 is 26.8 Å². The number of aliphatic hydroxyl groups is 1. The van der Waals surface area contributed by atoms with Crippen LogP contribution in [0.3, 0.4) is 0 Å². The molecule has 0 fully saturated rings. The summed E-state index contributed by atoms with van der Waals surface area (Å²) in [6, 6.07) is 6.10. The van der Waals surface area contributed by atoms with Gasteiger partial charge in [0.15, 0.2) is 0 Å². The Kier molecular flexibility index (Phi) is 4.99. The smallest absolute Gasteiger partial charge is 0.368 e. The Bertz CT molecular complexity index is 510. The first-order chi connectivity index (χ1) is 8.47. The molecule has 0 aliphatic carbocycles. The SMILES string of the molecule is O=P(O)(O)C(O)(CCc1ccc(Cl)cc1)P(=O)(O)O. The van der Waals surface area contributed by atoms with Gasteiger partial charge in [0.05, 0.1) is 0 Å². The molecule has 0 saturated carbocycles. The van der Waals surface area contributed by atoms with Crippen molar-refractivity contribution < 1.29 is 33.8 Å². The first kappa shape index (κ1) is 16.8. The molecule has 0 spiro atoms. The second-order valence-electron chi connectivity index (χ2n) is 3.99. The van der Waals surface area contributed by atoms with Crippen LogP contribution in [0.1, 0.15) is 12.0 Å². The highest BCUT2D eigenvalue weighted by Crippen LogP contribution is 2.69. The van der Waals surface area contributed by atoms with E-state index in [1.54, 1.807) is 0 Å². The number of aryl methyl sites for hydroxylation is 1. The van der Waals surface area contributed by atoms with Gasteiger partial charge in [0, 0.05) is 11.4 Å². The lowest BCUT2D eigenvalue weighted by atomic mass is 10.1. The van der Waals surface area contributed by atoms with Crippen molar-refractivity contribution in [2.45, 2.75) is 17.9 Å². The van der Waals surface area contributed by atoms with E-state index in [1.165, 1.54) is 24.3 Å². The predicted molar refractivity (Wildman–Crippen MR) is 68.8 cm³/mol. The van der Waals surface area contributed by atoms with Gasteiger partial charge in [-0.25, -0.2) is 0 Å². The molecule has 0 radical (unpaired) electrons. The highest BCUT2D eigenvalue weighted by molar-refractivity contribution is 7.72. The Morgan fingerprint density at radius 2 is 1.42 bits per heavy atom. The minimum absolute atomic E-state index is 0.121. The van der Waals surface area contributed by atoms with Crippen LogP contribution in [0.5, 0.6) is 0 Å². The van der Waals surface area contributed by atoms with Crippen LogP contribution in [0.4, 0.5) is 0 Å². The van der Waals surface area contributed by atoms with E-state index in [9.17, 15) is 14.2 Å². The molecule has 0 bridgehead atoms. The summed E-state index contributed by atoms with van der Waals surface area (Å²) >= 11 is 5.65. The van der Waals surface area contributed by atoms with Gasteiger partial charge in [-0.2, -0.15) is 0 Å². The van der Waals surface area contributed by atoms with Crippen molar-refractivity contribution in [2.24, 2.45) is 0 Å². The minimum Gasteiger partial charge on any atom is -0.368 e. The maximum absolute atomic E-state index is 11.1. The van der Waals surface area contributed by atoms with Gasteiger partial charge in [0.2, 0.25) is 0 Å². The summed E-state index contributed by atoms with van der Waals surface area (Å²) in [5, 5.41) is 6.72. The van der Waals surface area contributed by atoms with Crippen LogP contribution < -0.4 is 0 Å². The average Bonchev–Trinajstić information content (AvgIpc) is 2.24. The summed E-state index contributed by atoms with van der Waals surface area (Å²) in [4.78, 5) is 35.8. The largest absolute Gasteiger partial charge is 0.369 e. The first-order valence-electron chi connectivity index (χ1n) is 5.05. The molecule has 0 saturated heterocycles. The third-order valence-electron chi connectivity index (χ3n) is 2.60. The predicted octanol–water partition coefficient (Wildman–Crippen LogP) is 1.27. The van der Waals surface area contributed by atoms with Crippen molar-refractivity contribution in [3.63, 3.8) is 0 Å². The fourth-order valence-corrected chi connectivity index (χ4v) is 3.71. The Morgan fingerprint density at radius 3 is 1.79 bits per heavy atom. The van der Waals surface area contributed by atoms with Crippen LogP contribution in [0.15, 0.2) is 24.3 Å². The molecular weight excluding hydrogens is 317 g/mol. The molecule has 0 amide bonds. The third kappa shape index (κ3) is 3.88. The molecule has 0 aliphatic rings. The Hall–Kier alpha value is -0.230. The van der Waals surface area contributed by atoms with Gasteiger partial charge in [-0.15, -0.1) is 0 Å². The molecule has 1 rings (SSSR count). The topological polar surface area (TPSA) is 135 Å². The summed E-state index contributed by atoms with van der Waals surface area (Å²) in [6.45, 7) is 0. The zero-order valence-electron chi connectivity index (χ0n) is 9.55. The van der Waals surface area contributed by atoms with Crippen molar-refractivity contribution in [1.29, 1.82) is 0 Å². The van der Waals surface area contributed by atoms with E-state index < -0.39 is 26.7 Å². The average molecular weight is 331 g/mol. The molecule has 0 atom stereocenters. The van der Waals surface area contributed by atoms with Crippen LogP contribution >= 0.6 is 26.8 Å². The van der Waals surface area contributed by atoms with Gasteiger partial charge in [-0.05, 0) is 24.1 Å². The van der Waals surface area contributed by atoms with Crippen molar-refractivity contribution in [3.8, 4) is 0 Å². The van der Waals surface area contributed by atoms with E-state index in [0.717, 1.165) is 0 Å². The van der Waals surface area contributed by atoms with Gasteiger partial charge < -0.3 is 24.7 Å². The van der Waals surface area contributed by atoms with Gasteiger partial charge in [-0.3, -0.25) is 9.13 Å². The summed E-state index contributed by atoms with van der Waals surface area (Å²) in [7, 11) is -10.8. The van der Waals surface area contributed by atoms with E-state index in [2.05, 4.69) is 0 Å². The number of hydrogen-bond acceptors (Lipinski definition) is 3. The molecule has 108 valence electrons. The summed E-state index contributed by atoms with van der Waals surface area (Å²) in [5.41, 5.74) is 0.532. The molecule has 7 nitrogen and oxygen atoms in total. The normalized spacial score (nSPS) is 13.6. The first-order valence-corrected chi connectivity index (χ1v) is 8.66. The van der Waals surface area contributed by atoms with Crippen molar-refractivity contribution in [1.82, 2.24) is 0 Å². The van der Waals surface area contributed by atoms with Crippen LogP contribution in [-0.4, -0.2) is 29.8 Å². The molecule has 1 aromatic rings. The number of hydrogen-bond donors (Lipinski definition) is 5. The zero-order chi connectivity index (χ0) is 14.9. The molecule has 0 aromatic heterocycles. The number of halogens is 1. The minimum atomic E-state index is -5.39.